The maximum Gasteiger partial charge on any atom is 0.199 e. The lowest BCUT2D eigenvalue weighted by atomic mass is 10.2. The summed E-state index contributed by atoms with van der Waals surface area (Å²) in [5.41, 5.74) is 1.25. The minimum Gasteiger partial charge on any atom is -0.299 e. The molecule has 0 bridgehead atoms. The van der Waals surface area contributed by atoms with E-state index in [1.54, 1.807) is 0 Å². The van der Waals surface area contributed by atoms with Crippen molar-refractivity contribution < 1.29 is 0 Å². The lowest BCUT2D eigenvalue weighted by molar-refractivity contribution is 0.201. The first-order valence-electron chi connectivity index (χ1n) is 9.55. The molecule has 0 spiro atoms. The van der Waals surface area contributed by atoms with Crippen LogP contribution in [0, 0.1) is 22.0 Å². The van der Waals surface area contributed by atoms with Crippen LogP contribution in [0.3, 0.4) is 0 Å². The summed E-state index contributed by atoms with van der Waals surface area (Å²) in [5.74, 6) is 2.47. The molecule has 0 unspecified atom stereocenters. The average molecular weight is 368 g/mol. The maximum atomic E-state index is 8.96. The molecule has 0 amide bonds. The highest BCUT2D eigenvalue weighted by atomic mass is 32.1. The number of benzene rings is 1. The van der Waals surface area contributed by atoms with Gasteiger partial charge in [0.15, 0.2) is 4.77 Å². The normalized spacial score (nSPS) is 16.8. The first-order valence-corrected chi connectivity index (χ1v) is 9.96. The lowest BCUT2D eigenvalue weighted by Gasteiger charge is -2.20. The SMILES string of the molecule is N#CCCN(CC1CC1)Cn1nc(C2CC2)n(Cc2ccccc2)c1=S. The van der Waals surface area contributed by atoms with Crippen LogP contribution < -0.4 is 0 Å². The largest absolute Gasteiger partial charge is 0.299 e. The van der Waals surface area contributed by atoms with Crippen LogP contribution in [-0.2, 0) is 13.2 Å². The molecule has 1 aromatic heterocycles. The first kappa shape index (κ1) is 17.4. The van der Waals surface area contributed by atoms with Crippen molar-refractivity contribution >= 4 is 12.2 Å². The first-order chi connectivity index (χ1) is 12.7. The second-order valence-electron chi connectivity index (χ2n) is 7.56. The van der Waals surface area contributed by atoms with Crippen molar-refractivity contribution in [1.82, 2.24) is 19.2 Å². The van der Waals surface area contributed by atoms with E-state index in [2.05, 4.69) is 39.8 Å². The van der Waals surface area contributed by atoms with Crippen molar-refractivity contribution in [3.05, 3.63) is 46.5 Å². The van der Waals surface area contributed by atoms with E-state index in [-0.39, 0.29) is 0 Å². The van der Waals surface area contributed by atoms with Crippen LogP contribution in [-0.4, -0.2) is 32.3 Å². The summed E-state index contributed by atoms with van der Waals surface area (Å²) < 4.78 is 4.99. The van der Waals surface area contributed by atoms with E-state index < -0.39 is 0 Å². The van der Waals surface area contributed by atoms with Gasteiger partial charge >= 0.3 is 0 Å². The summed E-state index contributed by atoms with van der Waals surface area (Å²) in [4.78, 5) is 2.34. The van der Waals surface area contributed by atoms with Crippen molar-refractivity contribution in [2.24, 2.45) is 5.92 Å². The minimum absolute atomic E-state index is 0.553. The number of rotatable bonds is 9. The Morgan fingerprint density at radius 3 is 2.62 bits per heavy atom. The van der Waals surface area contributed by atoms with E-state index in [4.69, 9.17) is 22.6 Å². The Morgan fingerprint density at radius 2 is 1.96 bits per heavy atom. The molecule has 2 saturated carbocycles. The topological polar surface area (TPSA) is 49.8 Å². The number of hydrogen-bond acceptors (Lipinski definition) is 4. The van der Waals surface area contributed by atoms with Gasteiger partial charge in [-0.2, -0.15) is 10.4 Å². The predicted octanol–water partition coefficient (Wildman–Crippen LogP) is 3.92. The van der Waals surface area contributed by atoms with Gasteiger partial charge in [0.2, 0.25) is 0 Å². The second-order valence-corrected chi connectivity index (χ2v) is 7.92. The summed E-state index contributed by atoms with van der Waals surface area (Å²) in [7, 11) is 0. The summed E-state index contributed by atoms with van der Waals surface area (Å²) in [6.07, 6.45) is 5.59. The molecule has 0 atom stereocenters. The molecule has 6 heteroatoms. The van der Waals surface area contributed by atoms with E-state index >= 15 is 0 Å². The molecule has 136 valence electrons. The van der Waals surface area contributed by atoms with Crippen LogP contribution >= 0.6 is 12.2 Å². The standard InChI is InChI=1S/C20H25N5S/c21-11-4-12-23(13-17-7-8-17)15-25-20(26)24(19(22-25)18-9-10-18)14-16-5-2-1-3-6-16/h1-3,5-6,17-18H,4,7-10,12-15H2. The Bertz CT molecular complexity index is 839. The van der Waals surface area contributed by atoms with Crippen LogP contribution in [0.4, 0.5) is 0 Å². The predicted molar refractivity (Wildman–Crippen MR) is 103 cm³/mol. The smallest absolute Gasteiger partial charge is 0.199 e. The molecule has 2 aromatic rings. The third kappa shape index (κ3) is 4.22. The van der Waals surface area contributed by atoms with Gasteiger partial charge in [-0.15, -0.1) is 0 Å². The molecular formula is C20H25N5S. The third-order valence-corrected chi connectivity index (χ3v) is 5.60. The zero-order valence-electron chi connectivity index (χ0n) is 15.0. The molecule has 0 N–H and O–H groups in total. The van der Waals surface area contributed by atoms with Crippen LogP contribution in [0.1, 0.15) is 49.4 Å². The van der Waals surface area contributed by atoms with Crippen molar-refractivity contribution in [1.29, 1.82) is 5.26 Å². The fraction of sp³-hybridized carbons (Fsp3) is 0.550. The number of nitrogens with zero attached hydrogens (tertiary/aromatic N) is 5. The Balaban J connectivity index is 1.56. The van der Waals surface area contributed by atoms with Crippen LogP contribution in [0.5, 0.6) is 0 Å². The Labute approximate surface area is 159 Å². The van der Waals surface area contributed by atoms with Gasteiger partial charge in [0, 0.05) is 25.4 Å². The van der Waals surface area contributed by atoms with Gasteiger partial charge in [0.05, 0.1) is 19.3 Å². The zero-order chi connectivity index (χ0) is 17.9. The lowest BCUT2D eigenvalue weighted by Crippen LogP contribution is -2.30. The minimum atomic E-state index is 0.553. The molecule has 1 aromatic carbocycles. The van der Waals surface area contributed by atoms with Gasteiger partial charge in [-0.05, 0) is 49.4 Å². The van der Waals surface area contributed by atoms with Crippen molar-refractivity contribution in [3.8, 4) is 6.07 Å². The van der Waals surface area contributed by atoms with Crippen molar-refractivity contribution in [2.45, 2.75) is 51.2 Å². The molecule has 5 nitrogen and oxygen atoms in total. The van der Waals surface area contributed by atoms with Crippen LogP contribution in [0.2, 0.25) is 0 Å². The highest BCUT2D eigenvalue weighted by Crippen LogP contribution is 2.39. The molecule has 1 heterocycles. The number of hydrogen-bond donors (Lipinski definition) is 0. The van der Waals surface area contributed by atoms with E-state index in [0.717, 1.165) is 36.1 Å². The average Bonchev–Trinajstić information content (AvgIpc) is 3.56. The molecule has 0 saturated heterocycles. The molecule has 2 aliphatic rings. The maximum absolute atomic E-state index is 8.96. The fourth-order valence-electron chi connectivity index (χ4n) is 3.39. The highest BCUT2D eigenvalue weighted by molar-refractivity contribution is 7.71. The van der Waals surface area contributed by atoms with E-state index in [9.17, 15) is 0 Å². The molecule has 26 heavy (non-hydrogen) atoms. The number of aromatic nitrogens is 3. The summed E-state index contributed by atoms with van der Waals surface area (Å²) in [6, 6.07) is 12.7. The van der Waals surface area contributed by atoms with E-state index in [1.165, 1.54) is 31.2 Å². The van der Waals surface area contributed by atoms with Gasteiger partial charge in [-0.3, -0.25) is 9.47 Å². The van der Waals surface area contributed by atoms with Gasteiger partial charge in [-0.1, -0.05) is 30.3 Å². The monoisotopic (exact) mass is 367 g/mol. The molecule has 4 rings (SSSR count). The van der Waals surface area contributed by atoms with Crippen molar-refractivity contribution in [2.75, 3.05) is 13.1 Å². The zero-order valence-corrected chi connectivity index (χ0v) is 15.9. The van der Waals surface area contributed by atoms with Crippen molar-refractivity contribution in [3.63, 3.8) is 0 Å². The Morgan fingerprint density at radius 1 is 1.19 bits per heavy atom. The van der Waals surface area contributed by atoms with E-state index in [1.807, 2.05) is 10.7 Å². The van der Waals surface area contributed by atoms with E-state index in [0.29, 0.717) is 19.0 Å². The molecule has 0 radical (unpaired) electrons. The molecular weight excluding hydrogens is 342 g/mol. The molecule has 0 aliphatic heterocycles. The summed E-state index contributed by atoms with van der Waals surface area (Å²) in [6.45, 7) is 3.32. The fourth-order valence-corrected chi connectivity index (χ4v) is 3.65. The quantitative estimate of drug-likeness (QED) is 0.630. The molecule has 2 aliphatic carbocycles. The summed E-state index contributed by atoms with van der Waals surface area (Å²) >= 11 is 5.79. The van der Waals surface area contributed by atoms with Crippen LogP contribution in [0.25, 0.3) is 0 Å². The third-order valence-electron chi connectivity index (χ3n) is 5.16. The Kier molecular flexibility index (Phi) is 5.18. The second kappa shape index (κ2) is 7.73. The van der Waals surface area contributed by atoms with Gasteiger partial charge in [0.1, 0.15) is 5.82 Å². The highest BCUT2D eigenvalue weighted by Gasteiger charge is 2.31. The van der Waals surface area contributed by atoms with Gasteiger partial charge in [0.25, 0.3) is 0 Å². The molecule has 2 fully saturated rings. The summed E-state index contributed by atoms with van der Waals surface area (Å²) in [5, 5.41) is 13.8. The van der Waals surface area contributed by atoms with Gasteiger partial charge in [-0.25, -0.2) is 4.68 Å². The Hall–Kier alpha value is -1.97. The van der Waals surface area contributed by atoms with Crippen LogP contribution in [0.15, 0.2) is 30.3 Å². The van der Waals surface area contributed by atoms with Gasteiger partial charge < -0.3 is 0 Å². The number of nitriles is 1.